The van der Waals surface area contributed by atoms with Gasteiger partial charge in [-0.15, -0.1) is 0 Å². The Kier molecular flexibility index (Phi) is 5.50. The summed E-state index contributed by atoms with van der Waals surface area (Å²) in [4.78, 5) is 0. The van der Waals surface area contributed by atoms with Crippen molar-refractivity contribution in [3.05, 3.63) is 59.7 Å². The lowest BCUT2D eigenvalue weighted by Gasteiger charge is -2.17. The Balaban J connectivity index is 2.15. The monoisotopic (exact) mass is 325 g/mol. The van der Waals surface area contributed by atoms with Crippen molar-refractivity contribution in [1.82, 2.24) is 0 Å². The van der Waals surface area contributed by atoms with Crippen LogP contribution in [-0.4, -0.2) is 13.3 Å². The molecule has 124 valence electrons. The number of hydrogen-bond donors (Lipinski definition) is 1. The SMILES string of the molecule is COc1ccc([C@@H](N)CC(F)(F)F)cc1OCc1ccccc1. The van der Waals surface area contributed by atoms with Crippen molar-refractivity contribution in [3.63, 3.8) is 0 Å². The molecule has 0 aliphatic rings. The lowest BCUT2D eigenvalue weighted by molar-refractivity contribution is -0.138. The van der Waals surface area contributed by atoms with Crippen LogP contribution in [0.15, 0.2) is 48.5 Å². The Morgan fingerprint density at radius 2 is 1.74 bits per heavy atom. The van der Waals surface area contributed by atoms with Crippen LogP contribution < -0.4 is 15.2 Å². The minimum Gasteiger partial charge on any atom is -0.493 e. The van der Waals surface area contributed by atoms with Gasteiger partial charge in [0.05, 0.1) is 13.5 Å². The van der Waals surface area contributed by atoms with E-state index in [2.05, 4.69) is 0 Å². The molecular formula is C17H18F3NO2. The van der Waals surface area contributed by atoms with Crippen LogP contribution in [0.25, 0.3) is 0 Å². The first kappa shape index (κ1) is 17.1. The van der Waals surface area contributed by atoms with E-state index in [1.54, 1.807) is 6.07 Å². The fraction of sp³-hybridized carbons (Fsp3) is 0.294. The number of nitrogens with two attached hydrogens (primary N) is 1. The van der Waals surface area contributed by atoms with E-state index in [1.807, 2.05) is 30.3 Å². The van der Waals surface area contributed by atoms with Gasteiger partial charge in [0, 0.05) is 6.04 Å². The number of rotatable bonds is 6. The first-order valence-electron chi connectivity index (χ1n) is 7.06. The van der Waals surface area contributed by atoms with Crippen molar-refractivity contribution in [2.75, 3.05) is 7.11 Å². The molecule has 0 saturated heterocycles. The summed E-state index contributed by atoms with van der Waals surface area (Å²) < 4.78 is 48.3. The molecule has 1 atom stereocenters. The molecule has 0 aliphatic carbocycles. The van der Waals surface area contributed by atoms with Gasteiger partial charge in [0.1, 0.15) is 6.61 Å². The third-order valence-corrected chi connectivity index (χ3v) is 3.30. The van der Waals surface area contributed by atoms with Gasteiger partial charge in [-0.05, 0) is 23.3 Å². The van der Waals surface area contributed by atoms with Crippen LogP contribution in [-0.2, 0) is 6.61 Å². The van der Waals surface area contributed by atoms with E-state index in [-0.39, 0.29) is 6.61 Å². The number of hydrogen-bond acceptors (Lipinski definition) is 3. The Labute approximate surface area is 132 Å². The summed E-state index contributed by atoms with van der Waals surface area (Å²) in [5.41, 5.74) is 6.93. The van der Waals surface area contributed by atoms with Gasteiger partial charge in [0.2, 0.25) is 0 Å². The molecule has 2 aromatic rings. The molecule has 0 saturated carbocycles. The van der Waals surface area contributed by atoms with Crippen molar-refractivity contribution in [1.29, 1.82) is 0 Å². The van der Waals surface area contributed by atoms with Crippen LogP contribution in [0.4, 0.5) is 13.2 Å². The molecule has 2 N–H and O–H groups in total. The number of benzene rings is 2. The standard InChI is InChI=1S/C17H18F3NO2/c1-22-15-8-7-13(14(21)10-17(18,19)20)9-16(15)23-11-12-5-3-2-4-6-12/h2-9,14H,10-11,21H2,1H3/t14-/m0/s1. The summed E-state index contributed by atoms with van der Waals surface area (Å²) in [7, 11) is 1.47. The zero-order valence-corrected chi connectivity index (χ0v) is 12.6. The Morgan fingerprint density at radius 1 is 1.04 bits per heavy atom. The second-order valence-electron chi connectivity index (χ2n) is 5.11. The summed E-state index contributed by atoms with van der Waals surface area (Å²) in [5.74, 6) is 0.815. The molecule has 2 aromatic carbocycles. The van der Waals surface area contributed by atoms with Gasteiger partial charge in [0.15, 0.2) is 11.5 Å². The Bertz CT molecular complexity index is 629. The van der Waals surface area contributed by atoms with Crippen LogP contribution in [0.1, 0.15) is 23.6 Å². The van der Waals surface area contributed by atoms with Gasteiger partial charge in [-0.25, -0.2) is 0 Å². The summed E-state index contributed by atoms with van der Waals surface area (Å²) in [5, 5.41) is 0. The fourth-order valence-electron chi connectivity index (χ4n) is 2.14. The highest BCUT2D eigenvalue weighted by molar-refractivity contribution is 5.44. The summed E-state index contributed by atoms with van der Waals surface area (Å²) in [6, 6.07) is 12.9. The fourth-order valence-corrected chi connectivity index (χ4v) is 2.14. The predicted octanol–water partition coefficient (Wildman–Crippen LogP) is 4.23. The highest BCUT2D eigenvalue weighted by atomic mass is 19.4. The van der Waals surface area contributed by atoms with Crippen molar-refractivity contribution in [2.45, 2.75) is 25.2 Å². The van der Waals surface area contributed by atoms with Gasteiger partial charge in [0.25, 0.3) is 0 Å². The maximum atomic E-state index is 12.5. The van der Waals surface area contributed by atoms with Crippen LogP contribution in [0.3, 0.4) is 0 Å². The van der Waals surface area contributed by atoms with E-state index in [9.17, 15) is 13.2 Å². The van der Waals surface area contributed by atoms with Gasteiger partial charge >= 0.3 is 6.18 Å². The number of ether oxygens (including phenoxy) is 2. The Hall–Kier alpha value is -2.21. The van der Waals surface area contributed by atoms with Gasteiger partial charge in [-0.3, -0.25) is 0 Å². The first-order valence-corrected chi connectivity index (χ1v) is 7.06. The van der Waals surface area contributed by atoms with Gasteiger partial charge in [-0.1, -0.05) is 36.4 Å². The molecule has 0 radical (unpaired) electrons. The van der Waals surface area contributed by atoms with E-state index < -0.39 is 18.6 Å². The Morgan fingerprint density at radius 3 is 2.35 bits per heavy atom. The van der Waals surface area contributed by atoms with Crippen molar-refractivity contribution in [3.8, 4) is 11.5 Å². The topological polar surface area (TPSA) is 44.5 Å². The van der Waals surface area contributed by atoms with Crippen molar-refractivity contribution >= 4 is 0 Å². The molecule has 23 heavy (non-hydrogen) atoms. The van der Waals surface area contributed by atoms with Crippen LogP contribution in [0.5, 0.6) is 11.5 Å². The van der Waals surface area contributed by atoms with Crippen LogP contribution >= 0.6 is 0 Å². The lowest BCUT2D eigenvalue weighted by atomic mass is 10.0. The van der Waals surface area contributed by atoms with Crippen LogP contribution in [0, 0.1) is 0 Å². The van der Waals surface area contributed by atoms with Crippen LogP contribution in [0.2, 0.25) is 0 Å². The molecule has 3 nitrogen and oxygen atoms in total. The maximum absolute atomic E-state index is 12.5. The largest absolute Gasteiger partial charge is 0.493 e. The van der Waals surface area contributed by atoms with Crippen molar-refractivity contribution < 1.29 is 22.6 Å². The highest BCUT2D eigenvalue weighted by Gasteiger charge is 2.31. The second-order valence-corrected chi connectivity index (χ2v) is 5.11. The molecule has 6 heteroatoms. The smallest absolute Gasteiger partial charge is 0.390 e. The predicted molar refractivity (Wildman–Crippen MR) is 81.4 cm³/mol. The number of halogens is 3. The molecule has 0 aliphatic heterocycles. The average Bonchev–Trinajstić information content (AvgIpc) is 2.52. The minimum absolute atomic E-state index is 0.287. The number of methoxy groups -OCH3 is 1. The quantitative estimate of drug-likeness (QED) is 0.864. The molecule has 2 rings (SSSR count). The van der Waals surface area contributed by atoms with E-state index in [0.717, 1.165) is 5.56 Å². The first-order chi connectivity index (χ1) is 10.9. The normalized spacial score (nSPS) is 12.7. The molecule has 0 spiro atoms. The third-order valence-electron chi connectivity index (χ3n) is 3.30. The zero-order chi connectivity index (χ0) is 16.9. The minimum atomic E-state index is -4.32. The molecule has 0 fully saturated rings. The summed E-state index contributed by atoms with van der Waals surface area (Å²) in [6.07, 6.45) is -5.40. The molecule has 0 amide bonds. The lowest BCUT2D eigenvalue weighted by Crippen LogP contribution is -2.20. The third kappa shape index (κ3) is 5.17. The van der Waals surface area contributed by atoms with Gasteiger partial charge in [-0.2, -0.15) is 13.2 Å². The zero-order valence-electron chi connectivity index (χ0n) is 12.6. The number of alkyl halides is 3. The highest BCUT2D eigenvalue weighted by Crippen LogP contribution is 2.34. The molecule has 0 heterocycles. The van der Waals surface area contributed by atoms with Gasteiger partial charge < -0.3 is 15.2 Å². The van der Waals surface area contributed by atoms with E-state index >= 15 is 0 Å². The summed E-state index contributed by atoms with van der Waals surface area (Å²) in [6.45, 7) is 0.287. The molecule has 0 unspecified atom stereocenters. The molecule has 0 aromatic heterocycles. The van der Waals surface area contributed by atoms with Crippen molar-refractivity contribution in [2.24, 2.45) is 5.73 Å². The van der Waals surface area contributed by atoms with E-state index in [1.165, 1.54) is 19.2 Å². The second kappa shape index (κ2) is 7.37. The van der Waals surface area contributed by atoms with E-state index in [0.29, 0.717) is 17.1 Å². The summed E-state index contributed by atoms with van der Waals surface area (Å²) >= 11 is 0. The van der Waals surface area contributed by atoms with E-state index in [4.69, 9.17) is 15.2 Å². The molecule has 0 bridgehead atoms. The average molecular weight is 325 g/mol. The molecular weight excluding hydrogens is 307 g/mol. The maximum Gasteiger partial charge on any atom is 0.390 e.